The number of carbonyl (C=O) groups is 2. The van der Waals surface area contributed by atoms with Crippen molar-refractivity contribution in [3.05, 3.63) is 107 Å². The molecule has 0 radical (unpaired) electrons. The number of hydrogen-bond donors (Lipinski definition) is 1. The van der Waals surface area contributed by atoms with Crippen LogP contribution >= 0.6 is 23.4 Å². The van der Waals surface area contributed by atoms with Gasteiger partial charge in [0, 0.05) is 29.3 Å². The van der Waals surface area contributed by atoms with Crippen LogP contribution in [-0.4, -0.2) is 34.0 Å². The maximum atomic E-state index is 13.6. The average Bonchev–Trinajstić information content (AvgIpc) is 2.81. The SMILES string of the molecule is CC(C)(C)NC(=O)C(Cc1ccccc1)N(Cc1cccc(Cl)c1)C(=O)CSCc1ccccc1. The summed E-state index contributed by atoms with van der Waals surface area (Å²) in [5.41, 5.74) is 2.64. The number of benzene rings is 3. The molecular formula is C29H33ClN2O2S. The van der Waals surface area contributed by atoms with Crippen molar-refractivity contribution in [3.8, 4) is 0 Å². The second kappa shape index (κ2) is 12.8. The summed E-state index contributed by atoms with van der Waals surface area (Å²) in [4.78, 5) is 28.8. The topological polar surface area (TPSA) is 49.4 Å². The van der Waals surface area contributed by atoms with E-state index >= 15 is 0 Å². The lowest BCUT2D eigenvalue weighted by molar-refractivity contribution is -0.140. The van der Waals surface area contributed by atoms with Crippen molar-refractivity contribution >= 4 is 35.2 Å². The second-order valence-electron chi connectivity index (χ2n) is 9.57. The van der Waals surface area contributed by atoms with Gasteiger partial charge in [0.05, 0.1) is 5.75 Å². The second-order valence-corrected chi connectivity index (χ2v) is 11.0. The highest BCUT2D eigenvalue weighted by molar-refractivity contribution is 7.99. The van der Waals surface area contributed by atoms with E-state index in [4.69, 9.17) is 11.6 Å². The van der Waals surface area contributed by atoms with E-state index in [-0.39, 0.29) is 17.6 Å². The van der Waals surface area contributed by atoms with Crippen molar-refractivity contribution in [1.29, 1.82) is 0 Å². The molecule has 0 aliphatic rings. The van der Waals surface area contributed by atoms with E-state index in [0.717, 1.165) is 22.4 Å². The minimum absolute atomic E-state index is 0.0732. The number of nitrogens with zero attached hydrogens (tertiary/aromatic N) is 1. The van der Waals surface area contributed by atoms with Crippen LogP contribution in [0.2, 0.25) is 5.02 Å². The number of hydrogen-bond acceptors (Lipinski definition) is 3. The van der Waals surface area contributed by atoms with Crippen molar-refractivity contribution in [2.45, 2.75) is 51.1 Å². The third-order valence-electron chi connectivity index (χ3n) is 5.35. The first-order valence-electron chi connectivity index (χ1n) is 11.7. The molecule has 0 aliphatic carbocycles. The molecule has 0 saturated carbocycles. The molecule has 2 amide bonds. The third-order valence-corrected chi connectivity index (χ3v) is 6.57. The fourth-order valence-electron chi connectivity index (χ4n) is 3.75. The molecule has 0 bridgehead atoms. The zero-order valence-corrected chi connectivity index (χ0v) is 22.1. The first-order valence-corrected chi connectivity index (χ1v) is 13.3. The van der Waals surface area contributed by atoms with Gasteiger partial charge in [0.25, 0.3) is 0 Å². The molecule has 3 aromatic rings. The lowest BCUT2D eigenvalue weighted by Crippen LogP contribution is -2.54. The number of nitrogens with one attached hydrogen (secondary N) is 1. The van der Waals surface area contributed by atoms with Crippen molar-refractivity contribution < 1.29 is 9.59 Å². The van der Waals surface area contributed by atoms with Crippen LogP contribution in [0.1, 0.15) is 37.5 Å². The molecule has 1 unspecified atom stereocenters. The first-order chi connectivity index (χ1) is 16.7. The zero-order valence-electron chi connectivity index (χ0n) is 20.5. The predicted octanol–water partition coefficient (Wildman–Crippen LogP) is 6.13. The van der Waals surface area contributed by atoms with Crippen LogP contribution in [0.5, 0.6) is 0 Å². The van der Waals surface area contributed by atoms with E-state index in [1.54, 1.807) is 22.7 Å². The Labute approximate surface area is 218 Å². The van der Waals surface area contributed by atoms with Crippen LogP contribution < -0.4 is 5.32 Å². The molecule has 3 rings (SSSR count). The summed E-state index contributed by atoms with van der Waals surface area (Å²) < 4.78 is 0. The van der Waals surface area contributed by atoms with E-state index in [9.17, 15) is 9.59 Å². The Kier molecular flexibility index (Phi) is 9.82. The molecule has 1 atom stereocenters. The van der Waals surface area contributed by atoms with Crippen molar-refractivity contribution in [2.75, 3.05) is 5.75 Å². The maximum absolute atomic E-state index is 13.6. The van der Waals surface area contributed by atoms with Crippen LogP contribution in [0, 0.1) is 0 Å². The van der Waals surface area contributed by atoms with Gasteiger partial charge in [0.15, 0.2) is 0 Å². The summed E-state index contributed by atoms with van der Waals surface area (Å²) in [6.07, 6.45) is 0.429. The van der Waals surface area contributed by atoms with Gasteiger partial charge in [-0.2, -0.15) is 0 Å². The molecule has 35 heavy (non-hydrogen) atoms. The Hall–Kier alpha value is -2.76. The highest BCUT2D eigenvalue weighted by Gasteiger charge is 2.32. The number of rotatable bonds is 10. The predicted molar refractivity (Wildman–Crippen MR) is 146 cm³/mol. The molecule has 0 heterocycles. The van der Waals surface area contributed by atoms with Gasteiger partial charge in [0.1, 0.15) is 6.04 Å². The minimum Gasteiger partial charge on any atom is -0.350 e. The average molecular weight is 509 g/mol. The molecule has 6 heteroatoms. The number of carbonyl (C=O) groups excluding carboxylic acids is 2. The number of halogens is 1. The Morgan fingerprint density at radius 1 is 0.886 bits per heavy atom. The van der Waals surface area contributed by atoms with Crippen LogP contribution in [-0.2, 0) is 28.3 Å². The maximum Gasteiger partial charge on any atom is 0.243 e. The molecule has 0 fully saturated rings. The molecule has 1 N–H and O–H groups in total. The Balaban J connectivity index is 1.87. The van der Waals surface area contributed by atoms with Crippen molar-refractivity contribution in [1.82, 2.24) is 10.2 Å². The molecule has 184 valence electrons. The quantitative estimate of drug-likeness (QED) is 0.358. The standard InChI is InChI=1S/C29H33ClN2O2S/c1-29(2,3)31-28(34)26(18-22-11-6-4-7-12-22)32(19-24-15-10-16-25(30)17-24)27(33)21-35-20-23-13-8-5-9-14-23/h4-17,26H,18-21H2,1-3H3,(H,31,34). The summed E-state index contributed by atoms with van der Waals surface area (Å²) >= 11 is 7.79. The molecule has 0 aromatic heterocycles. The van der Waals surface area contributed by atoms with Crippen LogP contribution in [0.4, 0.5) is 0 Å². The fraction of sp³-hybridized carbons (Fsp3) is 0.310. The zero-order chi connectivity index (χ0) is 25.3. The van der Waals surface area contributed by atoms with Gasteiger partial charge in [-0.1, -0.05) is 84.4 Å². The smallest absolute Gasteiger partial charge is 0.243 e. The summed E-state index contributed by atoms with van der Waals surface area (Å²) in [7, 11) is 0. The van der Waals surface area contributed by atoms with Gasteiger partial charge >= 0.3 is 0 Å². The minimum atomic E-state index is -0.652. The summed E-state index contributed by atoms with van der Waals surface area (Å²) in [5, 5.41) is 3.69. The Bertz CT molecular complexity index is 1100. The van der Waals surface area contributed by atoms with E-state index in [1.165, 1.54) is 0 Å². The van der Waals surface area contributed by atoms with Crippen molar-refractivity contribution in [3.63, 3.8) is 0 Å². The molecule has 3 aromatic carbocycles. The van der Waals surface area contributed by atoms with E-state index < -0.39 is 11.6 Å². The van der Waals surface area contributed by atoms with Crippen LogP contribution in [0.25, 0.3) is 0 Å². The summed E-state index contributed by atoms with van der Waals surface area (Å²) in [6.45, 7) is 6.15. The Morgan fingerprint density at radius 2 is 1.49 bits per heavy atom. The monoisotopic (exact) mass is 508 g/mol. The molecule has 0 spiro atoms. The van der Waals surface area contributed by atoms with Gasteiger partial charge < -0.3 is 10.2 Å². The van der Waals surface area contributed by atoms with Gasteiger partial charge in [0.2, 0.25) is 11.8 Å². The molecule has 0 saturated heterocycles. The fourth-order valence-corrected chi connectivity index (χ4v) is 4.84. The highest BCUT2D eigenvalue weighted by atomic mass is 35.5. The van der Waals surface area contributed by atoms with E-state index in [0.29, 0.717) is 18.0 Å². The Morgan fingerprint density at radius 3 is 2.09 bits per heavy atom. The normalized spacial score (nSPS) is 12.1. The van der Waals surface area contributed by atoms with Crippen LogP contribution in [0.3, 0.4) is 0 Å². The van der Waals surface area contributed by atoms with Gasteiger partial charge in [-0.25, -0.2) is 0 Å². The number of amides is 2. The van der Waals surface area contributed by atoms with Crippen molar-refractivity contribution in [2.24, 2.45) is 0 Å². The first kappa shape index (κ1) is 26.8. The summed E-state index contributed by atoms with van der Waals surface area (Å²) in [6, 6.07) is 26.7. The van der Waals surface area contributed by atoms with E-state index in [2.05, 4.69) is 17.4 Å². The molecule has 0 aliphatic heterocycles. The van der Waals surface area contributed by atoms with E-state index in [1.807, 2.05) is 87.5 Å². The third kappa shape index (κ3) is 9.08. The van der Waals surface area contributed by atoms with Gasteiger partial charge in [-0.05, 0) is 49.6 Å². The number of thioether (sulfide) groups is 1. The largest absolute Gasteiger partial charge is 0.350 e. The van der Waals surface area contributed by atoms with Gasteiger partial charge in [-0.15, -0.1) is 11.8 Å². The molecular weight excluding hydrogens is 476 g/mol. The molecule has 4 nitrogen and oxygen atoms in total. The summed E-state index contributed by atoms with van der Waals surface area (Å²) in [5.74, 6) is 0.777. The lowest BCUT2D eigenvalue weighted by atomic mass is 10.0. The lowest BCUT2D eigenvalue weighted by Gasteiger charge is -2.34. The highest BCUT2D eigenvalue weighted by Crippen LogP contribution is 2.20. The van der Waals surface area contributed by atoms with Gasteiger partial charge in [-0.3, -0.25) is 9.59 Å². The van der Waals surface area contributed by atoms with Crippen LogP contribution in [0.15, 0.2) is 84.9 Å².